The lowest BCUT2D eigenvalue weighted by Gasteiger charge is -2.28. The number of pyridine rings is 1. The maximum absolute atomic E-state index is 13.6. The Labute approximate surface area is 184 Å². The summed E-state index contributed by atoms with van der Waals surface area (Å²) in [7, 11) is 0. The number of nitrogen functional groups attached to an aromatic ring is 1. The van der Waals surface area contributed by atoms with E-state index in [2.05, 4.69) is 24.8 Å². The van der Waals surface area contributed by atoms with Crippen molar-refractivity contribution in [2.75, 3.05) is 23.7 Å². The number of aromatic nitrogens is 5. The summed E-state index contributed by atoms with van der Waals surface area (Å²) in [5.74, 6) is -0.0727. The lowest BCUT2D eigenvalue weighted by molar-refractivity contribution is -0.143. The number of carboxylic acids is 1. The first-order valence-corrected chi connectivity index (χ1v) is 11.0. The van der Waals surface area contributed by atoms with Gasteiger partial charge < -0.3 is 15.7 Å². The van der Waals surface area contributed by atoms with Crippen LogP contribution in [0.25, 0.3) is 22.4 Å². The van der Waals surface area contributed by atoms with Crippen molar-refractivity contribution >= 4 is 28.8 Å². The van der Waals surface area contributed by atoms with Gasteiger partial charge in [-0.3, -0.25) is 14.2 Å². The summed E-state index contributed by atoms with van der Waals surface area (Å²) in [5.41, 5.74) is 7.42. The van der Waals surface area contributed by atoms with E-state index in [9.17, 15) is 14.7 Å². The molecule has 10 heteroatoms. The standard InChI is InChI=1S/C22H25N7O3/c23-19-18-20(26-12-25-19)29(15-6-3-13(4-7-15)22(31)32)21(30)17(27-18)14-5-8-16(24-11-14)28-9-1-2-10-28/h5,8,11-13,15H,1-4,6-7,9-10H2,(H,31,32)(H2,23,25,26). The average molecular weight is 435 g/mol. The molecule has 0 atom stereocenters. The van der Waals surface area contributed by atoms with Crippen LogP contribution in [0.2, 0.25) is 0 Å². The molecule has 4 heterocycles. The maximum Gasteiger partial charge on any atom is 0.306 e. The molecule has 0 unspecified atom stereocenters. The number of aliphatic carboxylic acids is 1. The second kappa shape index (κ2) is 8.18. The number of anilines is 2. The van der Waals surface area contributed by atoms with E-state index in [1.165, 1.54) is 6.33 Å². The van der Waals surface area contributed by atoms with Crippen molar-refractivity contribution in [3.8, 4) is 11.3 Å². The van der Waals surface area contributed by atoms with Gasteiger partial charge in [-0.2, -0.15) is 0 Å². The Morgan fingerprint density at radius 1 is 1.06 bits per heavy atom. The van der Waals surface area contributed by atoms with Crippen LogP contribution in [0.15, 0.2) is 29.5 Å². The van der Waals surface area contributed by atoms with E-state index in [0.29, 0.717) is 42.4 Å². The second-order valence-electron chi connectivity index (χ2n) is 8.51. The SMILES string of the molecule is Nc1ncnc2c1nc(-c1ccc(N3CCCC3)nc1)c(=O)n2C1CCC(C(=O)O)CC1. The van der Waals surface area contributed by atoms with Gasteiger partial charge in [0.2, 0.25) is 0 Å². The summed E-state index contributed by atoms with van der Waals surface area (Å²) in [6, 6.07) is 3.61. The Morgan fingerprint density at radius 2 is 1.81 bits per heavy atom. The van der Waals surface area contributed by atoms with Crippen molar-refractivity contribution in [1.82, 2.24) is 24.5 Å². The molecule has 5 rings (SSSR count). The normalized spacial score (nSPS) is 21.2. The lowest BCUT2D eigenvalue weighted by atomic mass is 9.86. The molecule has 0 spiro atoms. The molecule has 1 saturated carbocycles. The molecule has 32 heavy (non-hydrogen) atoms. The predicted octanol–water partition coefficient (Wildman–Crippen LogP) is 2.25. The summed E-state index contributed by atoms with van der Waals surface area (Å²) < 4.78 is 1.63. The van der Waals surface area contributed by atoms with Gasteiger partial charge in [-0.1, -0.05) is 0 Å². The molecular weight excluding hydrogens is 410 g/mol. The van der Waals surface area contributed by atoms with Gasteiger partial charge in [0.1, 0.15) is 23.4 Å². The Bertz CT molecular complexity index is 1210. The fourth-order valence-corrected chi connectivity index (χ4v) is 4.80. The smallest absolute Gasteiger partial charge is 0.306 e. The Kier molecular flexibility index (Phi) is 5.20. The number of nitrogens with two attached hydrogens (primary N) is 1. The van der Waals surface area contributed by atoms with Gasteiger partial charge in [0.05, 0.1) is 5.92 Å². The van der Waals surface area contributed by atoms with Gasteiger partial charge in [-0.25, -0.2) is 19.9 Å². The number of carbonyl (C=O) groups is 1. The van der Waals surface area contributed by atoms with Crippen LogP contribution in [0.4, 0.5) is 11.6 Å². The van der Waals surface area contributed by atoms with Crippen LogP contribution in [-0.2, 0) is 4.79 Å². The molecule has 1 saturated heterocycles. The molecule has 0 radical (unpaired) electrons. The number of carboxylic acid groups (broad SMARTS) is 1. The largest absolute Gasteiger partial charge is 0.481 e. The van der Waals surface area contributed by atoms with Gasteiger partial charge in [0.25, 0.3) is 5.56 Å². The zero-order chi connectivity index (χ0) is 22.2. The third kappa shape index (κ3) is 3.55. The minimum atomic E-state index is -0.785. The van der Waals surface area contributed by atoms with Gasteiger partial charge in [0, 0.05) is 30.9 Å². The topological polar surface area (TPSA) is 140 Å². The average Bonchev–Trinajstić information content (AvgIpc) is 3.34. The van der Waals surface area contributed by atoms with E-state index < -0.39 is 5.97 Å². The van der Waals surface area contributed by atoms with E-state index >= 15 is 0 Å². The first-order chi connectivity index (χ1) is 15.5. The summed E-state index contributed by atoms with van der Waals surface area (Å²) in [5, 5.41) is 9.33. The molecule has 3 aromatic rings. The summed E-state index contributed by atoms with van der Waals surface area (Å²) in [4.78, 5) is 44.6. The zero-order valence-electron chi connectivity index (χ0n) is 17.6. The first-order valence-electron chi connectivity index (χ1n) is 11.0. The summed E-state index contributed by atoms with van der Waals surface area (Å²) in [6.45, 7) is 1.97. The summed E-state index contributed by atoms with van der Waals surface area (Å²) in [6.07, 6.45) is 7.49. The number of hydrogen-bond donors (Lipinski definition) is 2. The van der Waals surface area contributed by atoms with Crippen molar-refractivity contribution in [2.45, 2.75) is 44.6 Å². The van der Waals surface area contributed by atoms with E-state index in [-0.39, 0.29) is 29.0 Å². The number of nitrogens with zero attached hydrogens (tertiary/aromatic N) is 6. The molecule has 3 aromatic heterocycles. The Hall–Kier alpha value is -3.56. The highest BCUT2D eigenvalue weighted by Gasteiger charge is 2.30. The lowest BCUT2D eigenvalue weighted by Crippen LogP contribution is -2.32. The van der Waals surface area contributed by atoms with Crippen molar-refractivity contribution in [1.29, 1.82) is 0 Å². The van der Waals surface area contributed by atoms with Crippen LogP contribution in [0.1, 0.15) is 44.6 Å². The molecule has 3 N–H and O–H groups in total. The highest BCUT2D eigenvalue weighted by Crippen LogP contribution is 2.34. The molecule has 166 valence electrons. The molecule has 2 aliphatic rings. The first kappa shape index (κ1) is 20.3. The monoisotopic (exact) mass is 435 g/mol. The zero-order valence-corrected chi connectivity index (χ0v) is 17.6. The highest BCUT2D eigenvalue weighted by atomic mass is 16.4. The molecule has 1 aliphatic heterocycles. The fourth-order valence-electron chi connectivity index (χ4n) is 4.80. The van der Waals surface area contributed by atoms with Crippen LogP contribution < -0.4 is 16.2 Å². The van der Waals surface area contributed by atoms with E-state index in [1.54, 1.807) is 10.8 Å². The predicted molar refractivity (Wildman–Crippen MR) is 119 cm³/mol. The van der Waals surface area contributed by atoms with Crippen LogP contribution in [0.5, 0.6) is 0 Å². The van der Waals surface area contributed by atoms with Gasteiger partial charge in [0.15, 0.2) is 11.5 Å². The quantitative estimate of drug-likeness (QED) is 0.631. The number of rotatable bonds is 4. The van der Waals surface area contributed by atoms with Gasteiger partial charge >= 0.3 is 5.97 Å². The molecule has 10 nitrogen and oxygen atoms in total. The van der Waals surface area contributed by atoms with Crippen LogP contribution >= 0.6 is 0 Å². The second-order valence-corrected chi connectivity index (χ2v) is 8.51. The molecule has 2 fully saturated rings. The van der Waals surface area contributed by atoms with Crippen LogP contribution in [-0.4, -0.2) is 48.7 Å². The van der Waals surface area contributed by atoms with Crippen molar-refractivity contribution in [2.24, 2.45) is 5.92 Å². The highest BCUT2D eigenvalue weighted by molar-refractivity contribution is 5.83. The van der Waals surface area contributed by atoms with E-state index in [4.69, 9.17) is 5.73 Å². The number of fused-ring (bicyclic) bond motifs is 1. The van der Waals surface area contributed by atoms with Crippen molar-refractivity contribution < 1.29 is 9.90 Å². The Balaban J connectivity index is 1.58. The molecule has 0 aromatic carbocycles. The molecule has 1 aliphatic carbocycles. The molecule has 0 amide bonds. The van der Waals surface area contributed by atoms with Gasteiger partial charge in [-0.05, 0) is 50.7 Å². The maximum atomic E-state index is 13.6. The third-order valence-electron chi connectivity index (χ3n) is 6.57. The fraction of sp³-hybridized carbons (Fsp3) is 0.455. The van der Waals surface area contributed by atoms with Crippen molar-refractivity contribution in [3.05, 3.63) is 35.0 Å². The van der Waals surface area contributed by atoms with Crippen LogP contribution in [0, 0.1) is 5.92 Å². The Morgan fingerprint density at radius 3 is 2.47 bits per heavy atom. The van der Waals surface area contributed by atoms with Crippen LogP contribution in [0.3, 0.4) is 0 Å². The van der Waals surface area contributed by atoms with E-state index in [1.807, 2.05) is 12.1 Å². The molecular formula is C22H25N7O3. The number of hydrogen-bond acceptors (Lipinski definition) is 8. The summed E-state index contributed by atoms with van der Waals surface area (Å²) >= 11 is 0. The van der Waals surface area contributed by atoms with Crippen molar-refractivity contribution in [3.63, 3.8) is 0 Å². The van der Waals surface area contributed by atoms with Gasteiger partial charge in [-0.15, -0.1) is 0 Å². The van der Waals surface area contributed by atoms with E-state index in [0.717, 1.165) is 31.7 Å². The molecule has 0 bridgehead atoms. The minimum Gasteiger partial charge on any atom is -0.481 e. The third-order valence-corrected chi connectivity index (χ3v) is 6.57. The minimum absolute atomic E-state index is 0.173.